The van der Waals surface area contributed by atoms with E-state index >= 15 is 0 Å². The number of carbonyl (C=O) groups excluding carboxylic acids is 3. The Morgan fingerprint density at radius 1 is 0.974 bits per heavy atom. The number of ether oxygens (including phenoxy) is 2. The summed E-state index contributed by atoms with van der Waals surface area (Å²) in [4.78, 5) is 38.4. The number of hydrogen-bond donors (Lipinski definition) is 2. The molecule has 1 saturated carbocycles. The summed E-state index contributed by atoms with van der Waals surface area (Å²) in [7, 11) is 3.40. The monoisotopic (exact) mass is 529 g/mol. The topological polar surface area (TPSA) is 107 Å². The molecule has 200 valence electrons. The number of fused-ring (bicyclic) bond motifs is 1. The lowest BCUT2D eigenvalue weighted by Crippen LogP contribution is -2.25. The van der Waals surface area contributed by atoms with Gasteiger partial charge in [-0.05, 0) is 80.4 Å². The van der Waals surface area contributed by atoms with E-state index in [-0.39, 0.29) is 17.5 Å². The minimum atomic E-state index is -0.825. The maximum absolute atomic E-state index is 12.6. The molecule has 0 atom stereocenters. The van der Waals surface area contributed by atoms with Gasteiger partial charge in [-0.1, -0.05) is 0 Å². The molecule has 1 amide bonds. The maximum Gasteiger partial charge on any atom is 0.237 e. The molecule has 0 spiro atoms. The highest BCUT2D eigenvalue weighted by Crippen LogP contribution is 2.44. The summed E-state index contributed by atoms with van der Waals surface area (Å²) in [5.74, 6) is 1.14. The van der Waals surface area contributed by atoms with Crippen molar-refractivity contribution < 1.29 is 28.2 Å². The lowest BCUT2D eigenvalue weighted by molar-refractivity contribution is -0.126. The Balaban J connectivity index is 0.000000202. The van der Waals surface area contributed by atoms with Crippen LogP contribution in [0, 0.1) is 11.2 Å². The molecule has 1 aromatic heterocycles. The number of Topliss-reactive ketones (excluding diaryl/α,β-unsaturated/α-hetero) is 1. The molecule has 1 fully saturated rings. The van der Waals surface area contributed by atoms with Gasteiger partial charge < -0.3 is 24.9 Å². The van der Waals surface area contributed by atoms with E-state index < -0.39 is 5.41 Å². The van der Waals surface area contributed by atoms with E-state index in [2.05, 4.69) is 15.6 Å². The number of aromatic nitrogens is 1. The number of amides is 1. The second-order valence-corrected chi connectivity index (χ2v) is 9.05. The van der Waals surface area contributed by atoms with E-state index in [0.29, 0.717) is 53.1 Å². The Kier molecular flexibility index (Phi) is 8.19. The average Bonchev–Trinajstić information content (AvgIpc) is 3.76. The summed E-state index contributed by atoms with van der Waals surface area (Å²) in [5.41, 5.74) is 1.91. The van der Waals surface area contributed by atoms with Crippen LogP contribution in [0.3, 0.4) is 0 Å². The predicted molar refractivity (Wildman–Crippen MR) is 147 cm³/mol. The molecule has 0 bridgehead atoms. The fourth-order valence-electron chi connectivity index (χ4n) is 3.82. The van der Waals surface area contributed by atoms with Gasteiger partial charge in [0.1, 0.15) is 34.8 Å². The van der Waals surface area contributed by atoms with Crippen LogP contribution in [0.2, 0.25) is 0 Å². The predicted octanol–water partition coefficient (Wildman–Crippen LogP) is 6.02. The van der Waals surface area contributed by atoms with Gasteiger partial charge in [0.25, 0.3) is 0 Å². The van der Waals surface area contributed by atoms with Crippen LogP contribution in [0.5, 0.6) is 17.2 Å². The van der Waals surface area contributed by atoms with Gasteiger partial charge in [0, 0.05) is 36.1 Å². The number of anilines is 2. The Bertz CT molecular complexity index is 1500. The normalized spacial score (nSPS) is 12.9. The minimum absolute atomic E-state index is 0.0677. The van der Waals surface area contributed by atoms with Gasteiger partial charge in [-0.3, -0.25) is 14.6 Å². The highest BCUT2D eigenvalue weighted by atomic mass is 19.1. The molecule has 1 aliphatic carbocycles. The first-order valence-corrected chi connectivity index (χ1v) is 12.3. The van der Waals surface area contributed by atoms with Crippen molar-refractivity contribution in [2.75, 3.05) is 24.8 Å². The van der Waals surface area contributed by atoms with Crippen molar-refractivity contribution in [3.05, 3.63) is 84.3 Å². The van der Waals surface area contributed by atoms with Gasteiger partial charge in [0.15, 0.2) is 5.78 Å². The van der Waals surface area contributed by atoms with E-state index in [9.17, 15) is 18.8 Å². The number of nitrogens with one attached hydrogen (secondary N) is 2. The lowest BCUT2D eigenvalue weighted by atomic mass is 10.1. The summed E-state index contributed by atoms with van der Waals surface area (Å²) < 4.78 is 23.8. The van der Waals surface area contributed by atoms with Crippen molar-refractivity contribution in [2.45, 2.75) is 19.8 Å². The third-order valence-corrected chi connectivity index (χ3v) is 6.34. The van der Waals surface area contributed by atoms with Crippen LogP contribution in [-0.4, -0.2) is 37.1 Å². The maximum atomic E-state index is 12.6. The van der Waals surface area contributed by atoms with E-state index in [1.807, 2.05) is 31.3 Å². The number of aldehydes is 1. The Morgan fingerprint density at radius 2 is 1.64 bits per heavy atom. The number of ketones is 1. The Morgan fingerprint density at radius 3 is 2.21 bits per heavy atom. The summed E-state index contributed by atoms with van der Waals surface area (Å²) >= 11 is 0. The molecular formula is C30H28FN3O5. The molecule has 1 heterocycles. The second kappa shape index (κ2) is 11.7. The Labute approximate surface area is 225 Å². The number of methoxy groups -OCH3 is 1. The van der Waals surface area contributed by atoms with Gasteiger partial charge in [-0.25, -0.2) is 4.39 Å². The van der Waals surface area contributed by atoms with Gasteiger partial charge in [-0.2, -0.15) is 0 Å². The van der Waals surface area contributed by atoms with Crippen LogP contribution in [0.4, 0.5) is 15.8 Å². The van der Waals surface area contributed by atoms with E-state index in [1.54, 1.807) is 24.4 Å². The summed E-state index contributed by atoms with van der Waals surface area (Å²) in [5, 5.41) is 6.41. The third kappa shape index (κ3) is 6.38. The van der Waals surface area contributed by atoms with Gasteiger partial charge >= 0.3 is 0 Å². The zero-order chi connectivity index (χ0) is 28.0. The second-order valence-electron chi connectivity index (χ2n) is 9.05. The number of rotatable bonds is 8. The number of hydrogen-bond acceptors (Lipinski definition) is 7. The molecule has 3 aromatic carbocycles. The van der Waals surface area contributed by atoms with Gasteiger partial charge in [0.2, 0.25) is 5.91 Å². The number of pyridine rings is 1. The average molecular weight is 530 g/mol. The number of carbonyl (C=O) groups is 3. The standard InChI is InChI=1S/C19H18N2O3.C11H10FNO2/c1-12(22)15-10-16-17(11-19(15)23-3)21-9-8-18(16)24-14-6-4-13(20-2)5-7-14;12-8-1-3-9(4-2-8)13-10(15)11(7-14)5-6-11/h4-11,20H,1-3H3;1-4,7H,5-6H2,(H,13,15). The minimum Gasteiger partial charge on any atom is -0.496 e. The molecule has 0 radical (unpaired) electrons. The first-order chi connectivity index (χ1) is 18.8. The van der Waals surface area contributed by atoms with Crippen molar-refractivity contribution >= 4 is 40.3 Å². The van der Waals surface area contributed by atoms with Crippen molar-refractivity contribution in [2.24, 2.45) is 5.41 Å². The van der Waals surface area contributed by atoms with Crippen molar-refractivity contribution in [1.29, 1.82) is 0 Å². The van der Waals surface area contributed by atoms with Crippen LogP contribution >= 0.6 is 0 Å². The number of halogens is 1. The molecule has 5 rings (SSSR count). The molecule has 4 aromatic rings. The van der Waals surface area contributed by atoms with Crippen LogP contribution in [-0.2, 0) is 9.59 Å². The summed E-state index contributed by atoms with van der Waals surface area (Å²) in [6.45, 7) is 1.51. The molecule has 8 nitrogen and oxygen atoms in total. The quantitative estimate of drug-likeness (QED) is 0.163. The van der Waals surface area contributed by atoms with Gasteiger partial charge in [-0.15, -0.1) is 0 Å². The van der Waals surface area contributed by atoms with Crippen molar-refractivity contribution in [3.63, 3.8) is 0 Å². The molecule has 0 saturated heterocycles. The number of nitrogens with zero attached hydrogens (tertiary/aromatic N) is 1. The summed E-state index contributed by atoms with van der Waals surface area (Å²) in [6, 6.07) is 18.4. The highest BCUT2D eigenvalue weighted by Gasteiger charge is 2.50. The van der Waals surface area contributed by atoms with E-state index in [4.69, 9.17) is 9.47 Å². The van der Waals surface area contributed by atoms with Crippen molar-refractivity contribution in [1.82, 2.24) is 4.98 Å². The lowest BCUT2D eigenvalue weighted by Gasteiger charge is -2.12. The van der Waals surface area contributed by atoms with Crippen LogP contribution in [0.15, 0.2) is 72.9 Å². The first-order valence-electron chi connectivity index (χ1n) is 12.3. The molecule has 39 heavy (non-hydrogen) atoms. The molecular weight excluding hydrogens is 501 g/mol. The zero-order valence-electron chi connectivity index (χ0n) is 21.8. The zero-order valence-corrected chi connectivity index (χ0v) is 21.8. The number of benzene rings is 3. The highest BCUT2D eigenvalue weighted by molar-refractivity contribution is 6.07. The molecule has 0 unspecified atom stereocenters. The van der Waals surface area contributed by atoms with Crippen LogP contribution in [0.1, 0.15) is 30.1 Å². The SMILES string of the molecule is CNc1ccc(Oc2ccnc3cc(OC)c(C(C)=O)cc23)cc1.O=CC1(C(=O)Nc2ccc(F)cc2)CC1. The third-order valence-electron chi connectivity index (χ3n) is 6.34. The smallest absolute Gasteiger partial charge is 0.237 e. The van der Waals surface area contributed by atoms with Crippen LogP contribution in [0.25, 0.3) is 10.9 Å². The van der Waals surface area contributed by atoms with Crippen LogP contribution < -0.4 is 20.1 Å². The Hall–Kier alpha value is -4.79. The molecule has 9 heteroatoms. The fraction of sp³-hybridized carbons (Fsp3) is 0.200. The first kappa shape index (κ1) is 27.3. The van der Waals surface area contributed by atoms with E-state index in [0.717, 1.165) is 11.1 Å². The largest absolute Gasteiger partial charge is 0.496 e. The fourth-order valence-corrected chi connectivity index (χ4v) is 3.82. The van der Waals surface area contributed by atoms with Crippen molar-refractivity contribution in [3.8, 4) is 17.2 Å². The van der Waals surface area contributed by atoms with Gasteiger partial charge in [0.05, 0.1) is 18.2 Å². The summed E-state index contributed by atoms with van der Waals surface area (Å²) in [6.07, 6.45) is 3.56. The molecule has 1 aliphatic rings. The van der Waals surface area contributed by atoms with E-state index in [1.165, 1.54) is 38.3 Å². The molecule has 0 aliphatic heterocycles. The molecule has 2 N–H and O–H groups in total.